The predicted molar refractivity (Wildman–Crippen MR) is 146 cm³/mol. The summed E-state index contributed by atoms with van der Waals surface area (Å²) in [4.78, 5) is 34.6. The Kier molecular flexibility index (Phi) is 6.67. The van der Waals surface area contributed by atoms with Gasteiger partial charge in [0.15, 0.2) is 0 Å². The van der Waals surface area contributed by atoms with Crippen LogP contribution < -0.4 is 10.5 Å². The zero-order chi connectivity index (χ0) is 26.3. The molecule has 0 N–H and O–H groups in total. The summed E-state index contributed by atoms with van der Waals surface area (Å²) in [6, 6.07) is 13.2. The Morgan fingerprint density at radius 1 is 1.03 bits per heavy atom. The van der Waals surface area contributed by atoms with Crippen molar-refractivity contribution in [2.45, 2.75) is 38.9 Å². The molecular formula is C28H28ClN7O. The van der Waals surface area contributed by atoms with E-state index >= 15 is 0 Å². The average Bonchev–Trinajstić information content (AvgIpc) is 2.90. The molecule has 9 heteroatoms. The number of piperazine rings is 1. The van der Waals surface area contributed by atoms with Gasteiger partial charge in [-0.3, -0.25) is 9.69 Å². The van der Waals surface area contributed by atoms with E-state index in [9.17, 15) is 4.79 Å². The Hall–Kier alpha value is -3.80. The number of hydrogen-bond acceptors (Lipinski definition) is 6. The van der Waals surface area contributed by atoms with Crippen LogP contribution in [0.2, 0.25) is 5.02 Å². The summed E-state index contributed by atoms with van der Waals surface area (Å²) in [5, 5.41) is 0.692. The number of anilines is 1. The Bertz CT molecular complexity index is 1500. The number of aryl methyl sites for hydroxylation is 2. The van der Waals surface area contributed by atoms with Gasteiger partial charge in [0.2, 0.25) is 5.52 Å². The van der Waals surface area contributed by atoms with Crippen LogP contribution in [0.5, 0.6) is 0 Å². The third kappa shape index (κ3) is 4.68. The fourth-order valence-electron chi connectivity index (χ4n) is 5.20. The molecule has 0 spiro atoms. The van der Waals surface area contributed by atoms with Crippen molar-refractivity contribution in [2.24, 2.45) is 7.05 Å². The van der Waals surface area contributed by atoms with Gasteiger partial charge in [0.25, 0.3) is 11.4 Å². The molecule has 4 aromatic rings. The van der Waals surface area contributed by atoms with E-state index in [0.717, 1.165) is 29.2 Å². The van der Waals surface area contributed by atoms with Crippen LogP contribution in [0.3, 0.4) is 0 Å². The second-order valence-electron chi connectivity index (χ2n) is 9.64. The van der Waals surface area contributed by atoms with Gasteiger partial charge in [-0.2, -0.15) is 0 Å². The lowest BCUT2D eigenvalue weighted by atomic mass is 9.95. The molecule has 8 nitrogen and oxygen atoms in total. The van der Waals surface area contributed by atoms with E-state index in [4.69, 9.17) is 18.2 Å². The average molecular weight is 514 g/mol. The molecule has 0 amide bonds. The zero-order valence-electron chi connectivity index (χ0n) is 21.3. The molecule has 0 aliphatic carbocycles. The number of pyridine rings is 2. The molecule has 0 saturated carbocycles. The SMILES string of the molecule is [C-]#[N+]c1ccc2c(n1)c(N1C[C@@H](C)N(C(c3ccc(Cl)cc3)c3cnc(C)nc3)C[C@@H]1C)cc(=O)n2C. The quantitative estimate of drug-likeness (QED) is 0.360. The Labute approximate surface area is 221 Å². The summed E-state index contributed by atoms with van der Waals surface area (Å²) in [5.41, 5.74) is 4.19. The normalized spacial score (nSPS) is 19.1. The third-order valence-electron chi connectivity index (χ3n) is 7.15. The van der Waals surface area contributed by atoms with E-state index in [2.05, 4.69) is 55.6 Å². The van der Waals surface area contributed by atoms with Crippen LogP contribution in [0.15, 0.2) is 59.7 Å². The highest BCUT2D eigenvalue weighted by atomic mass is 35.5. The molecule has 1 aliphatic heterocycles. The van der Waals surface area contributed by atoms with Gasteiger partial charge in [-0.1, -0.05) is 30.3 Å². The first-order valence-corrected chi connectivity index (χ1v) is 12.6. The van der Waals surface area contributed by atoms with Crippen molar-refractivity contribution in [3.63, 3.8) is 0 Å². The molecule has 1 aliphatic rings. The summed E-state index contributed by atoms with van der Waals surface area (Å²) in [5.74, 6) is 1.04. The number of aromatic nitrogens is 4. The number of rotatable bonds is 4. The van der Waals surface area contributed by atoms with Gasteiger partial charge in [-0.25, -0.2) is 9.97 Å². The first-order valence-electron chi connectivity index (χ1n) is 12.2. The fourth-order valence-corrected chi connectivity index (χ4v) is 5.32. The zero-order valence-corrected chi connectivity index (χ0v) is 22.0. The minimum absolute atomic E-state index is 0.0512. The number of nitrogens with zero attached hydrogens (tertiary/aromatic N) is 7. The minimum Gasteiger partial charge on any atom is -0.362 e. The summed E-state index contributed by atoms with van der Waals surface area (Å²) in [6.45, 7) is 15.1. The van der Waals surface area contributed by atoms with Crippen LogP contribution in [-0.2, 0) is 7.05 Å². The lowest BCUT2D eigenvalue weighted by molar-refractivity contribution is 0.129. The second-order valence-corrected chi connectivity index (χ2v) is 10.1. The Balaban J connectivity index is 1.55. The molecule has 0 bridgehead atoms. The van der Waals surface area contributed by atoms with E-state index in [-0.39, 0.29) is 23.7 Å². The molecule has 37 heavy (non-hydrogen) atoms. The van der Waals surface area contributed by atoms with Crippen molar-refractivity contribution >= 4 is 34.1 Å². The largest absolute Gasteiger partial charge is 0.362 e. The molecule has 5 rings (SSSR count). The maximum Gasteiger partial charge on any atom is 0.270 e. The highest BCUT2D eigenvalue weighted by Crippen LogP contribution is 2.36. The van der Waals surface area contributed by atoms with Crippen LogP contribution in [0, 0.1) is 13.5 Å². The van der Waals surface area contributed by atoms with Crippen molar-refractivity contribution in [3.05, 3.63) is 98.6 Å². The molecule has 3 aromatic heterocycles. The maximum atomic E-state index is 12.8. The molecular weight excluding hydrogens is 486 g/mol. The summed E-state index contributed by atoms with van der Waals surface area (Å²) in [7, 11) is 1.73. The number of hydrogen-bond donors (Lipinski definition) is 0. The van der Waals surface area contributed by atoms with Crippen LogP contribution in [0.25, 0.3) is 15.9 Å². The molecule has 1 saturated heterocycles. The van der Waals surface area contributed by atoms with E-state index in [1.807, 2.05) is 31.5 Å². The topological polar surface area (TPSA) is 71.5 Å². The summed E-state index contributed by atoms with van der Waals surface area (Å²) >= 11 is 6.20. The van der Waals surface area contributed by atoms with Crippen LogP contribution in [0.4, 0.5) is 11.5 Å². The van der Waals surface area contributed by atoms with Crippen LogP contribution in [-0.4, -0.2) is 49.6 Å². The van der Waals surface area contributed by atoms with Crippen LogP contribution >= 0.6 is 11.6 Å². The van der Waals surface area contributed by atoms with E-state index < -0.39 is 0 Å². The van der Waals surface area contributed by atoms with Crippen molar-refractivity contribution in [1.82, 2.24) is 24.4 Å². The van der Waals surface area contributed by atoms with E-state index in [1.165, 1.54) is 0 Å². The molecule has 188 valence electrons. The lowest BCUT2D eigenvalue weighted by Crippen LogP contribution is -2.57. The predicted octanol–water partition coefficient (Wildman–Crippen LogP) is 4.92. The Morgan fingerprint density at radius 2 is 1.73 bits per heavy atom. The Morgan fingerprint density at radius 3 is 2.41 bits per heavy atom. The van der Waals surface area contributed by atoms with Gasteiger partial charge in [0.05, 0.1) is 17.2 Å². The first kappa shape index (κ1) is 24.9. The summed E-state index contributed by atoms with van der Waals surface area (Å²) in [6.07, 6.45) is 3.80. The third-order valence-corrected chi connectivity index (χ3v) is 7.40. The smallest absolute Gasteiger partial charge is 0.270 e. The lowest BCUT2D eigenvalue weighted by Gasteiger charge is -2.48. The highest BCUT2D eigenvalue weighted by Gasteiger charge is 2.36. The maximum absolute atomic E-state index is 12.8. The highest BCUT2D eigenvalue weighted by molar-refractivity contribution is 6.30. The van der Waals surface area contributed by atoms with Crippen molar-refractivity contribution < 1.29 is 0 Å². The van der Waals surface area contributed by atoms with Crippen molar-refractivity contribution in [1.29, 1.82) is 0 Å². The number of halogens is 1. The molecule has 3 atom stereocenters. The standard InChI is InChI=1S/C28H28ClN7O/c1-17-16-36(28(20-6-8-22(29)9-7-20)21-13-31-19(3)32-14-21)18(2)15-35(17)24-12-26(37)34(5)23-10-11-25(30-4)33-27(23)24/h6-14,17-18,28H,15-16H2,1-3,5H3/t17-,18+,28?/m0/s1. The number of fused-ring (bicyclic) bond motifs is 1. The van der Waals surface area contributed by atoms with E-state index in [1.54, 1.807) is 29.8 Å². The minimum atomic E-state index is -0.0991. The molecule has 1 aromatic carbocycles. The summed E-state index contributed by atoms with van der Waals surface area (Å²) < 4.78 is 1.58. The second kappa shape index (κ2) is 9.92. The molecule has 1 fully saturated rings. The fraction of sp³-hybridized carbons (Fsp3) is 0.321. The number of benzene rings is 1. The molecule has 4 heterocycles. The monoisotopic (exact) mass is 513 g/mol. The van der Waals surface area contributed by atoms with Gasteiger partial charge in [-0.15, -0.1) is 4.98 Å². The van der Waals surface area contributed by atoms with Crippen LogP contribution in [0.1, 0.15) is 36.8 Å². The van der Waals surface area contributed by atoms with Gasteiger partial charge in [-0.05, 0) is 50.6 Å². The molecule has 1 unspecified atom stereocenters. The van der Waals surface area contributed by atoms with Crippen molar-refractivity contribution in [2.75, 3.05) is 18.0 Å². The molecule has 0 radical (unpaired) electrons. The first-order chi connectivity index (χ1) is 17.8. The van der Waals surface area contributed by atoms with Crippen molar-refractivity contribution in [3.8, 4) is 0 Å². The van der Waals surface area contributed by atoms with E-state index in [0.29, 0.717) is 28.4 Å². The van der Waals surface area contributed by atoms with Gasteiger partial charge in [0, 0.05) is 61.3 Å². The van der Waals surface area contributed by atoms with Gasteiger partial charge < -0.3 is 14.3 Å². The van der Waals surface area contributed by atoms with Gasteiger partial charge in [0.1, 0.15) is 5.82 Å². The van der Waals surface area contributed by atoms with Gasteiger partial charge >= 0.3 is 0 Å².